The number of rotatable bonds is 7. The molecule has 1 aromatic rings. The van der Waals surface area contributed by atoms with Gasteiger partial charge >= 0.3 is 0 Å². The predicted octanol–water partition coefficient (Wildman–Crippen LogP) is 2.45. The lowest BCUT2D eigenvalue weighted by Gasteiger charge is -2.27. The van der Waals surface area contributed by atoms with Crippen molar-refractivity contribution in [2.24, 2.45) is 11.7 Å². The van der Waals surface area contributed by atoms with Gasteiger partial charge in [0, 0.05) is 13.1 Å². The van der Waals surface area contributed by atoms with Gasteiger partial charge < -0.3 is 10.6 Å². The molecular weight excluding hydrogens is 236 g/mol. The van der Waals surface area contributed by atoms with E-state index in [0.29, 0.717) is 0 Å². The van der Waals surface area contributed by atoms with Crippen molar-refractivity contribution in [3.8, 4) is 0 Å². The molecule has 0 bridgehead atoms. The van der Waals surface area contributed by atoms with Crippen LogP contribution in [-0.4, -0.2) is 29.9 Å². The summed E-state index contributed by atoms with van der Waals surface area (Å²) < 4.78 is 0. The van der Waals surface area contributed by atoms with Crippen LogP contribution in [0.2, 0.25) is 0 Å². The number of carbonyl (C=O) groups excluding carboxylic acids is 1. The second kappa shape index (κ2) is 7.95. The summed E-state index contributed by atoms with van der Waals surface area (Å²) in [6.45, 7) is 7.57. The van der Waals surface area contributed by atoms with Crippen molar-refractivity contribution in [1.29, 1.82) is 0 Å². The molecule has 0 spiro atoms. The minimum absolute atomic E-state index is 0.0766. The highest BCUT2D eigenvalue weighted by molar-refractivity contribution is 5.81. The number of nitrogens with two attached hydrogens (primary N) is 1. The van der Waals surface area contributed by atoms with Gasteiger partial charge in [0.05, 0.1) is 6.04 Å². The van der Waals surface area contributed by atoms with Crippen LogP contribution in [0.4, 0.5) is 0 Å². The van der Waals surface area contributed by atoms with Crippen molar-refractivity contribution in [2.75, 3.05) is 13.1 Å². The lowest BCUT2D eigenvalue weighted by Crippen LogP contribution is -2.47. The topological polar surface area (TPSA) is 46.3 Å². The summed E-state index contributed by atoms with van der Waals surface area (Å²) in [6, 6.07) is 9.86. The van der Waals surface area contributed by atoms with Gasteiger partial charge in [-0.25, -0.2) is 0 Å². The van der Waals surface area contributed by atoms with Gasteiger partial charge in [-0.2, -0.15) is 0 Å². The Labute approximate surface area is 116 Å². The molecule has 19 heavy (non-hydrogen) atoms. The van der Waals surface area contributed by atoms with Crippen LogP contribution in [0.15, 0.2) is 30.3 Å². The van der Waals surface area contributed by atoms with Gasteiger partial charge in [0.2, 0.25) is 5.91 Å². The summed E-state index contributed by atoms with van der Waals surface area (Å²) in [4.78, 5) is 14.2. The number of likely N-dealkylation sites (N-methyl/N-ethyl adjacent to an activating group) is 1. The quantitative estimate of drug-likeness (QED) is 0.820. The summed E-state index contributed by atoms with van der Waals surface area (Å²) in [5.41, 5.74) is 7.28. The smallest absolute Gasteiger partial charge is 0.239 e. The Balaban J connectivity index is 2.56. The number of amides is 1. The summed E-state index contributed by atoms with van der Waals surface area (Å²) in [5.74, 6) is 0.311. The van der Waals surface area contributed by atoms with E-state index in [1.54, 1.807) is 0 Å². The molecule has 2 N–H and O–H groups in total. The second-order valence-corrected chi connectivity index (χ2v) is 5.06. The van der Waals surface area contributed by atoms with E-state index >= 15 is 0 Å². The van der Waals surface area contributed by atoms with E-state index in [1.165, 1.54) is 5.56 Å². The first-order valence-corrected chi connectivity index (χ1v) is 7.18. The number of nitrogens with zero attached hydrogens (tertiary/aromatic N) is 1. The maximum atomic E-state index is 12.3. The van der Waals surface area contributed by atoms with E-state index < -0.39 is 0 Å². The maximum Gasteiger partial charge on any atom is 0.239 e. The molecule has 2 unspecified atom stereocenters. The number of hydrogen-bond acceptors (Lipinski definition) is 2. The van der Waals surface area contributed by atoms with Crippen molar-refractivity contribution in [3.63, 3.8) is 0 Å². The molecule has 1 aromatic carbocycles. The first kappa shape index (κ1) is 15.7. The first-order valence-electron chi connectivity index (χ1n) is 7.18. The van der Waals surface area contributed by atoms with E-state index in [4.69, 9.17) is 5.73 Å². The molecule has 0 aromatic heterocycles. The van der Waals surface area contributed by atoms with Crippen molar-refractivity contribution in [3.05, 3.63) is 35.9 Å². The van der Waals surface area contributed by atoms with Gasteiger partial charge in [-0.15, -0.1) is 0 Å². The molecule has 0 aliphatic heterocycles. The van der Waals surface area contributed by atoms with Gasteiger partial charge in [0.15, 0.2) is 0 Å². The number of benzene rings is 1. The molecule has 1 amide bonds. The highest BCUT2D eigenvalue weighted by Gasteiger charge is 2.23. The zero-order valence-corrected chi connectivity index (χ0v) is 12.3. The monoisotopic (exact) mass is 262 g/mol. The average molecular weight is 262 g/mol. The zero-order chi connectivity index (χ0) is 14.3. The van der Waals surface area contributed by atoms with Crippen LogP contribution in [0.25, 0.3) is 0 Å². The third-order valence-corrected chi connectivity index (χ3v) is 3.75. The average Bonchev–Trinajstić information content (AvgIpc) is 2.47. The first-order chi connectivity index (χ1) is 9.10. The van der Waals surface area contributed by atoms with Gasteiger partial charge in [0.1, 0.15) is 0 Å². The van der Waals surface area contributed by atoms with E-state index in [1.807, 2.05) is 36.9 Å². The predicted molar refractivity (Wildman–Crippen MR) is 79.8 cm³/mol. The van der Waals surface area contributed by atoms with Gasteiger partial charge in [0.25, 0.3) is 0 Å². The molecule has 0 heterocycles. The van der Waals surface area contributed by atoms with Gasteiger partial charge in [-0.3, -0.25) is 4.79 Å². The van der Waals surface area contributed by atoms with Crippen molar-refractivity contribution < 1.29 is 4.79 Å². The molecule has 0 radical (unpaired) electrons. The Kier molecular flexibility index (Phi) is 6.57. The molecular formula is C16H26N2O. The zero-order valence-electron chi connectivity index (χ0n) is 12.3. The number of carbonyl (C=O) groups is 1. The Morgan fingerprint density at radius 3 is 2.42 bits per heavy atom. The van der Waals surface area contributed by atoms with Crippen molar-refractivity contribution >= 4 is 5.91 Å². The summed E-state index contributed by atoms with van der Waals surface area (Å²) >= 11 is 0. The lowest BCUT2D eigenvalue weighted by molar-refractivity contribution is -0.133. The third-order valence-electron chi connectivity index (χ3n) is 3.75. The highest BCUT2D eigenvalue weighted by atomic mass is 16.2. The number of hydrogen-bond donors (Lipinski definition) is 1. The SMILES string of the molecule is CCC(C)C(N)C(=O)N(CC)CCc1ccccc1. The molecule has 0 aliphatic rings. The summed E-state index contributed by atoms with van der Waals surface area (Å²) in [7, 11) is 0. The van der Waals surface area contributed by atoms with E-state index in [-0.39, 0.29) is 17.9 Å². The van der Waals surface area contributed by atoms with Crippen molar-refractivity contribution in [1.82, 2.24) is 4.90 Å². The standard InChI is InChI=1S/C16H26N2O/c1-4-13(3)15(17)16(19)18(5-2)12-11-14-9-7-6-8-10-14/h6-10,13,15H,4-5,11-12,17H2,1-3H3. The van der Waals surface area contributed by atoms with Crippen LogP contribution < -0.4 is 5.73 Å². The van der Waals surface area contributed by atoms with E-state index in [2.05, 4.69) is 19.1 Å². The molecule has 3 heteroatoms. The molecule has 2 atom stereocenters. The fraction of sp³-hybridized carbons (Fsp3) is 0.562. The van der Waals surface area contributed by atoms with Crippen LogP contribution in [0.3, 0.4) is 0 Å². The van der Waals surface area contributed by atoms with Crippen LogP contribution in [0.5, 0.6) is 0 Å². The minimum Gasteiger partial charge on any atom is -0.341 e. The molecule has 0 aliphatic carbocycles. The highest BCUT2D eigenvalue weighted by Crippen LogP contribution is 2.09. The third kappa shape index (κ3) is 4.67. The van der Waals surface area contributed by atoms with E-state index in [0.717, 1.165) is 25.9 Å². The fourth-order valence-corrected chi connectivity index (χ4v) is 2.04. The fourth-order valence-electron chi connectivity index (χ4n) is 2.04. The van der Waals surface area contributed by atoms with Crippen molar-refractivity contribution in [2.45, 2.75) is 39.7 Å². The lowest BCUT2D eigenvalue weighted by atomic mass is 9.98. The molecule has 0 fully saturated rings. The van der Waals surface area contributed by atoms with Gasteiger partial charge in [-0.05, 0) is 24.8 Å². The normalized spacial score (nSPS) is 13.9. The van der Waals surface area contributed by atoms with Gasteiger partial charge in [-0.1, -0.05) is 50.6 Å². The molecule has 0 saturated heterocycles. The Hall–Kier alpha value is -1.35. The van der Waals surface area contributed by atoms with Crippen LogP contribution in [0, 0.1) is 5.92 Å². The second-order valence-electron chi connectivity index (χ2n) is 5.06. The maximum absolute atomic E-state index is 12.3. The molecule has 0 saturated carbocycles. The Morgan fingerprint density at radius 1 is 1.26 bits per heavy atom. The van der Waals surface area contributed by atoms with Crippen LogP contribution in [-0.2, 0) is 11.2 Å². The summed E-state index contributed by atoms with van der Waals surface area (Å²) in [5, 5.41) is 0. The molecule has 1 rings (SSSR count). The van der Waals surface area contributed by atoms with E-state index in [9.17, 15) is 4.79 Å². The Morgan fingerprint density at radius 2 is 1.89 bits per heavy atom. The van der Waals surface area contributed by atoms with Crippen LogP contribution >= 0.6 is 0 Å². The molecule has 106 valence electrons. The largest absolute Gasteiger partial charge is 0.341 e. The summed E-state index contributed by atoms with van der Waals surface area (Å²) in [6.07, 6.45) is 1.82. The molecule has 3 nitrogen and oxygen atoms in total. The van der Waals surface area contributed by atoms with Crippen LogP contribution in [0.1, 0.15) is 32.8 Å². The minimum atomic E-state index is -0.374. The Bertz CT molecular complexity index is 378.